The molecule has 21 heavy (non-hydrogen) atoms. The lowest BCUT2D eigenvalue weighted by Gasteiger charge is -2.02. The van der Waals surface area contributed by atoms with Crippen molar-refractivity contribution in [3.05, 3.63) is 42.2 Å². The second-order valence-electron chi connectivity index (χ2n) is 4.66. The molecule has 2 aromatic carbocycles. The van der Waals surface area contributed by atoms with E-state index in [0.29, 0.717) is 22.2 Å². The fourth-order valence-corrected chi connectivity index (χ4v) is 2.34. The molecule has 3 N–H and O–H groups in total. The Kier molecular flexibility index (Phi) is 3.23. The van der Waals surface area contributed by atoms with E-state index in [1.165, 1.54) is 30.3 Å². The normalized spacial score (nSPS) is 11.1. The molecule has 0 aliphatic carbocycles. The highest BCUT2D eigenvalue weighted by Crippen LogP contribution is 2.35. The molecule has 108 valence electrons. The van der Waals surface area contributed by atoms with Gasteiger partial charge < -0.3 is 15.3 Å². The monoisotopic (exact) mass is 288 g/mol. The molecular formula is C15H13FN2O3. The molecule has 0 spiro atoms. The molecule has 5 nitrogen and oxygen atoms in total. The maximum atomic E-state index is 13.5. The second kappa shape index (κ2) is 5.06. The van der Waals surface area contributed by atoms with Crippen LogP contribution in [0.25, 0.3) is 22.2 Å². The van der Waals surface area contributed by atoms with Crippen molar-refractivity contribution in [1.29, 1.82) is 0 Å². The van der Waals surface area contributed by atoms with Crippen LogP contribution in [0, 0.1) is 5.82 Å². The number of aromatic nitrogens is 2. The van der Waals surface area contributed by atoms with Gasteiger partial charge in [-0.2, -0.15) is 5.10 Å². The van der Waals surface area contributed by atoms with Crippen molar-refractivity contribution in [2.24, 2.45) is 0 Å². The molecular weight excluding hydrogens is 275 g/mol. The summed E-state index contributed by atoms with van der Waals surface area (Å²) in [7, 11) is 0. The Labute approximate surface area is 119 Å². The highest BCUT2D eigenvalue weighted by Gasteiger charge is 2.16. The van der Waals surface area contributed by atoms with Crippen molar-refractivity contribution in [1.82, 2.24) is 9.78 Å². The van der Waals surface area contributed by atoms with Gasteiger partial charge >= 0.3 is 0 Å². The fourth-order valence-electron chi connectivity index (χ4n) is 2.34. The first-order chi connectivity index (χ1) is 10.1. The van der Waals surface area contributed by atoms with Gasteiger partial charge in [-0.1, -0.05) is 0 Å². The topological polar surface area (TPSA) is 78.5 Å². The Bertz CT molecular complexity index is 814. The van der Waals surface area contributed by atoms with Crippen LogP contribution in [0.1, 0.15) is 0 Å². The van der Waals surface area contributed by atoms with Gasteiger partial charge in [0.2, 0.25) is 0 Å². The van der Waals surface area contributed by atoms with E-state index in [9.17, 15) is 14.6 Å². The van der Waals surface area contributed by atoms with Gasteiger partial charge in [0, 0.05) is 17.0 Å². The molecule has 1 heterocycles. The lowest BCUT2D eigenvalue weighted by molar-refractivity contribution is 0.272. The number of aliphatic hydroxyl groups is 1. The van der Waals surface area contributed by atoms with E-state index in [-0.39, 0.29) is 24.7 Å². The molecule has 3 aromatic rings. The Morgan fingerprint density at radius 3 is 2.62 bits per heavy atom. The number of hydrogen-bond acceptors (Lipinski definition) is 4. The average Bonchev–Trinajstić information content (AvgIpc) is 2.77. The lowest BCUT2D eigenvalue weighted by atomic mass is 10.1. The number of hydrogen-bond donors (Lipinski definition) is 3. The van der Waals surface area contributed by atoms with Gasteiger partial charge in [-0.25, -0.2) is 4.39 Å². The minimum Gasteiger partial charge on any atom is -0.508 e. The minimum atomic E-state index is -0.412. The standard InChI is InChI=1S/C15H13FN2O3/c16-9-1-4-13-12(7-9)15(17-18(13)5-6-19)11-3-2-10(20)8-14(11)21/h1-4,7-8,19-21H,5-6H2. The second-order valence-corrected chi connectivity index (χ2v) is 4.66. The number of aromatic hydroxyl groups is 2. The number of rotatable bonds is 3. The molecule has 0 unspecified atom stereocenters. The van der Waals surface area contributed by atoms with Crippen LogP contribution in [-0.4, -0.2) is 31.7 Å². The Morgan fingerprint density at radius 2 is 1.90 bits per heavy atom. The highest BCUT2D eigenvalue weighted by atomic mass is 19.1. The summed E-state index contributed by atoms with van der Waals surface area (Å²) in [6, 6.07) is 8.36. The van der Waals surface area contributed by atoms with Crippen LogP contribution in [0.5, 0.6) is 11.5 Å². The summed E-state index contributed by atoms with van der Waals surface area (Å²) in [5.74, 6) is -0.623. The van der Waals surface area contributed by atoms with Crippen LogP contribution in [0.2, 0.25) is 0 Å². The Morgan fingerprint density at radius 1 is 1.10 bits per heavy atom. The van der Waals surface area contributed by atoms with E-state index < -0.39 is 5.82 Å². The molecule has 0 atom stereocenters. The molecule has 3 rings (SSSR count). The Balaban J connectivity index is 2.28. The van der Waals surface area contributed by atoms with E-state index in [1.54, 1.807) is 10.7 Å². The van der Waals surface area contributed by atoms with Crippen LogP contribution in [0.4, 0.5) is 4.39 Å². The Hall–Kier alpha value is -2.60. The number of benzene rings is 2. The van der Waals surface area contributed by atoms with E-state index in [1.807, 2.05) is 0 Å². The largest absolute Gasteiger partial charge is 0.508 e. The summed E-state index contributed by atoms with van der Waals surface area (Å²) >= 11 is 0. The third kappa shape index (κ3) is 2.30. The lowest BCUT2D eigenvalue weighted by Crippen LogP contribution is -2.03. The van der Waals surface area contributed by atoms with Gasteiger partial charge in [0.05, 0.1) is 18.7 Å². The van der Waals surface area contributed by atoms with Crippen LogP contribution >= 0.6 is 0 Å². The first-order valence-electron chi connectivity index (χ1n) is 6.39. The zero-order valence-corrected chi connectivity index (χ0v) is 11.0. The predicted molar refractivity (Wildman–Crippen MR) is 75.5 cm³/mol. The number of aliphatic hydroxyl groups excluding tert-OH is 1. The zero-order chi connectivity index (χ0) is 15.0. The SMILES string of the molecule is OCCn1nc(-c2ccc(O)cc2O)c2cc(F)ccc21. The van der Waals surface area contributed by atoms with Gasteiger partial charge in [-0.15, -0.1) is 0 Å². The molecule has 0 aliphatic heterocycles. The molecule has 0 bridgehead atoms. The van der Waals surface area contributed by atoms with Crippen LogP contribution in [0.15, 0.2) is 36.4 Å². The quantitative estimate of drug-likeness (QED) is 0.690. The van der Waals surface area contributed by atoms with Crippen molar-refractivity contribution >= 4 is 10.9 Å². The van der Waals surface area contributed by atoms with Gasteiger partial charge in [-0.3, -0.25) is 4.68 Å². The number of phenolic OH excluding ortho intramolecular Hbond substituents is 2. The molecule has 0 fully saturated rings. The third-order valence-corrected chi connectivity index (χ3v) is 3.26. The predicted octanol–water partition coefficient (Wildman–Crippen LogP) is 2.25. The number of nitrogens with zero attached hydrogens (tertiary/aromatic N) is 2. The highest BCUT2D eigenvalue weighted by molar-refractivity contribution is 5.94. The third-order valence-electron chi connectivity index (χ3n) is 3.26. The van der Waals surface area contributed by atoms with Gasteiger partial charge in [0.25, 0.3) is 0 Å². The van der Waals surface area contributed by atoms with Crippen LogP contribution in [-0.2, 0) is 6.54 Å². The number of phenols is 2. The average molecular weight is 288 g/mol. The molecule has 0 aliphatic rings. The van der Waals surface area contributed by atoms with Crippen molar-refractivity contribution in [3.8, 4) is 22.8 Å². The number of fused-ring (bicyclic) bond motifs is 1. The molecule has 0 saturated heterocycles. The van der Waals surface area contributed by atoms with E-state index in [2.05, 4.69) is 5.10 Å². The molecule has 6 heteroatoms. The summed E-state index contributed by atoms with van der Waals surface area (Å²) in [6.07, 6.45) is 0. The minimum absolute atomic E-state index is 0.0680. The summed E-state index contributed by atoms with van der Waals surface area (Å²) < 4.78 is 15.1. The summed E-state index contributed by atoms with van der Waals surface area (Å²) in [5.41, 5.74) is 1.45. The molecule has 0 saturated carbocycles. The number of halogens is 1. The first kappa shape index (κ1) is 13.4. The van der Waals surface area contributed by atoms with Crippen molar-refractivity contribution in [2.75, 3.05) is 6.61 Å². The first-order valence-corrected chi connectivity index (χ1v) is 6.39. The van der Waals surface area contributed by atoms with Gasteiger partial charge in [0.15, 0.2) is 0 Å². The van der Waals surface area contributed by atoms with Crippen LogP contribution in [0.3, 0.4) is 0 Å². The van der Waals surface area contributed by atoms with Gasteiger partial charge in [0.1, 0.15) is 23.0 Å². The molecule has 1 aromatic heterocycles. The van der Waals surface area contributed by atoms with Crippen molar-refractivity contribution < 1.29 is 19.7 Å². The van der Waals surface area contributed by atoms with E-state index in [4.69, 9.17) is 5.11 Å². The summed E-state index contributed by atoms with van der Waals surface area (Å²) in [5, 5.41) is 33.3. The zero-order valence-electron chi connectivity index (χ0n) is 11.0. The summed E-state index contributed by atoms with van der Waals surface area (Å²) in [4.78, 5) is 0. The van der Waals surface area contributed by atoms with Crippen molar-refractivity contribution in [2.45, 2.75) is 6.54 Å². The maximum Gasteiger partial charge on any atom is 0.128 e. The maximum absolute atomic E-state index is 13.5. The fraction of sp³-hybridized carbons (Fsp3) is 0.133. The van der Waals surface area contributed by atoms with Crippen molar-refractivity contribution in [3.63, 3.8) is 0 Å². The smallest absolute Gasteiger partial charge is 0.128 e. The molecule has 0 radical (unpaired) electrons. The molecule has 0 amide bonds. The van der Waals surface area contributed by atoms with E-state index in [0.717, 1.165) is 0 Å². The van der Waals surface area contributed by atoms with Crippen LogP contribution < -0.4 is 0 Å². The summed E-state index contributed by atoms with van der Waals surface area (Å²) in [6.45, 7) is 0.163. The van der Waals surface area contributed by atoms with E-state index >= 15 is 0 Å². The van der Waals surface area contributed by atoms with Gasteiger partial charge in [-0.05, 0) is 30.3 Å².